The summed E-state index contributed by atoms with van der Waals surface area (Å²) in [5, 5.41) is -0.238. The maximum absolute atomic E-state index is 11.9. The van der Waals surface area contributed by atoms with Crippen LogP contribution in [0.1, 0.15) is 28.2 Å². The van der Waals surface area contributed by atoms with E-state index in [-0.39, 0.29) is 5.37 Å². The third kappa shape index (κ3) is 4.01. The Labute approximate surface area is 134 Å². The van der Waals surface area contributed by atoms with E-state index in [4.69, 9.17) is 9.47 Å². The van der Waals surface area contributed by atoms with Crippen LogP contribution in [0.2, 0.25) is 0 Å². The van der Waals surface area contributed by atoms with Crippen LogP contribution in [0.15, 0.2) is 24.3 Å². The minimum Gasteiger partial charge on any atom is -0.432 e. The van der Waals surface area contributed by atoms with Gasteiger partial charge in [-0.05, 0) is 24.6 Å². The first-order chi connectivity index (χ1) is 10.3. The fourth-order valence-corrected chi connectivity index (χ4v) is 4.91. The average Bonchev–Trinajstić information content (AvgIpc) is 2.96. The highest BCUT2D eigenvalue weighted by atomic mass is 32.2. The second-order valence-electron chi connectivity index (χ2n) is 4.93. The molecule has 1 heterocycles. The highest BCUT2D eigenvalue weighted by Gasteiger charge is 2.33. The van der Waals surface area contributed by atoms with Gasteiger partial charge in [0.05, 0.1) is 17.2 Å². The van der Waals surface area contributed by atoms with Crippen LogP contribution in [-0.4, -0.2) is 50.6 Å². The van der Waals surface area contributed by atoms with E-state index in [1.165, 1.54) is 17.7 Å². The van der Waals surface area contributed by atoms with Crippen molar-refractivity contribution in [3.8, 4) is 0 Å². The first-order valence-electron chi connectivity index (χ1n) is 6.75. The Morgan fingerprint density at radius 3 is 2.55 bits per heavy atom. The van der Waals surface area contributed by atoms with Gasteiger partial charge in [-0.2, -0.15) is 4.31 Å². The second-order valence-corrected chi connectivity index (χ2v) is 8.05. The zero-order valence-electron chi connectivity index (χ0n) is 12.7. The van der Waals surface area contributed by atoms with E-state index in [1.54, 1.807) is 43.0 Å². The Bertz CT molecular complexity index is 629. The molecule has 0 amide bonds. The lowest BCUT2D eigenvalue weighted by molar-refractivity contribution is -0.0773. The summed E-state index contributed by atoms with van der Waals surface area (Å²) in [5.41, 5.74) is 1.26. The molecule has 0 radical (unpaired) electrons. The average molecular weight is 345 g/mol. The molecule has 2 unspecified atom stereocenters. The summed E-state index contributed by atoms with van der Waals surface area (Å²) in [7, 11) is -1.78. The van der Waals surface area contributed by atoms with E-state index in [0.29, 0.717) is 12.1 Å². The lowest BCUT2D eigenvalue weighted by Crippen LogP contribution is -2.29. The van der Waals surface area contributed by atoms with Crippen molar-refractivity contribution >= 4 is 27.8 Å². The molecule has 1 aliphatic rings. The lowest BCUT2D eigenvalue weighted by atomic mass is 10.1. The van der Waals surface area contributed by atoms with Crippen molar-refractivity contribution in [1.29, 1.82) is 0 Å². The zero-order valence-corrected chi connectivity index (χ0v) is 14.3. The van der Waals surface area contributed by atoms with Crippen LogP contribution in [-0.2, 0) is 19.5 Å². The van der Waals surface area contributed by atoms with Crippen LogP contribution in [0, 0.1) is 0 Å². The first kappa shape index (κ1) is 17.3. The molecule has 1 aromatic carbocycles. The third-order valence-electron chi connectivity index (χ3n) is 3.31. The molecule has 0 bridgehead atoms. The predicted molar refractivity (Wildman–Crippen MR) is 85.1 cm³/mol. The molecular weight excluding hydrogens is 326 g/mol. The molecule has 1 aliphatic heterocycles. The van der Waals surface area contributed by atoms with Crippen molar-refractivity contribution in [3.63, 3.8) is 0 Å². The van der Waals surface area contributed by atoms with Crippen molar-refractivity contribution in [1.82, 2.24) is 4.31 Å². The van der Waals surface area contributed by atoms with Gasteiger partial charge < -0.3 is 9.47 Å². The van der Waals surface area contributed by atoms with Gasteiger partial charge in [-0.1, -0.05) is 12.1 Å². The topological polar surface area (TPSA) is 72.9 Å². The summed E-state index contributed by atoms with van der Waals surface area (Å²) >= 11 is 1.57. The van der Waals surface area contributed by atoms with Gasteiger partial charge in [0.2, 0.25) is 10.0 Å². The molecule has 1 fully saturated rings. The minimum atomic E-state index is -3.24. The SMILES string of the molecule is COC(C)OC(=O)c1ccc(C2SCCN2S(C)(=O)=O)cc1. The number of carbonyl (C=O) groups excluding carboxylic acids is 1. The van der Waals surface area contributed by atoms with Crippen LogP contribution >= 0.6 is 11.8 Å². The molecule has 2 atom stereocenters. The molecule has 8 heteroatoms. The van der Waals surface area contributed by atoms with Gasteiger partial charge in [0, 0.05) is 19.4 Å². The van der Waals surface area contributed by atoms with Gasteiger partial charge in [-0.3, -0.25) is 0 Å². The Morgan fingerprint density at radius 2 is 2.00 bits per heavy atom. The Balaban J connectivity index is 2.13. The summed E-state index contributed by atoms with van der Waals surface area (Å²) in [6.45, 7) is 2.13. The van der Waals surface area contributed by atoms with E-state index in [1.807, 2.05) is 0 Å². The Hall–Kier alpha value is -1.09. The number of rotatable bonds is 5. The van der Waals surface area contributed by atoms with E-state index in [2.05, 4.69) is 0 Å². The molecule has 22 heavy (non-hydrogen) atoms. The van der Waals surface area contributed by atoms with Crippen molar-refractivity contribution in [2.45, 2.75) is 18.6 Å². The number of ether oxygens (including phenoxy) is 2. The van der Waals surface area contributed by atoms with Crippen molar-refractivity contribution in [2.75, 3.05) is 25.7 Å². The zero-order chi connectivity index (χ0) is 16.3. The number of nitrogens with zero attached hydrogens (tertiary/aromatic N) is 1. The predicted octanol–water partition coefficient (Wildman–Crippen LogP) is 1.84. The van der Waals surface area contributed by atoms with E-state index in [0.717, 1.165) is 11.3 Å². The van der Waals surface area contributed by atoms with Crippen LogP contribution in [0.4, 0.5) is 0 Å². The van der Waals surface area contributed by atoms with Crippen LogP contribution in [0.25, 0.3) is 0 Å². The van der Waals surface area contributed by atoms with Gasteiger partial charge in [0.25, 0.3) is 0 Å². The smallest absolute Gasteiger partial charge is 0.340 e. The molecule has 0 spiro atoms. The minimum absolute atomic E-state index is 0.238. The number of hydrogen-bond acceptors (Lipinski definition) is 6. The van der Waals surface area contributed by atoms with E-state index < -0.39 is 22.3 Å². The Morgan fingerprint density at radius 1 is 1.36 bits per heavy atom. The van der Waals surface area contributed by atoms with Gasteiger partial charge in [0.1, 0.15) is 0 Å². The maximum Gasteiger partial charge on any atom is 0.340 e. The molecule has 0 saturated carbocycles. The molecule has 1 saturated heterocycles. The van der Waals surface area contributed by atoms with Crippen molar-refractivity contribution in [3.05, 3.63) is 35.4 Å². The second kappa shape index (κ2) is 6.99. The summed E-state index contributed by atoms with van der Waals surface area (Å²) in [6.07, 6.45) is 0.599. The van der Waals surface area contributed by atoms with Crippen molar-refractivity contribution < 1.29 is 22.7 Å². The quantitative estimate of drug-likeness (QED) is 0.599. The molecule has 122 valence electrons. The molecule has 0 aromatic heterocycles. The summed E-state index contributed by atoms with van der Waals surface area (Å²) in [6, 6.07) is 6.79. The number of sulfonamides is 1. The summed E-state index contributed by atoms with van der Waals surface area (Å²) in [5.74, 6) is 0.285. The molecule has 6 nitrogen and oxygen atoms in total. The van der Waals surface area contributed by atoms with Gasteiger partial charge in [-0.15, -0.1) is 11.8 Å². The molecule has 1 aromatic rings. The van der Waals surface area contributed by atoms with Crippen molar-refractivity contribution in [2.24, 2.45) is 0 Å². The molecule has 2 rings (SSSR count). The monoisotopic (exact) mass is 345 g/mol. The van der Waals surface area contributed by atoms with Crippen LogP contribution in [0.3, 0.4) is 0 Å². The largest absolute Gasteiger partial charge is 0.432 e. The molecular formula is C14H19NO5S2. The normalized spacial score (nSPS) is 20.8. The number of hydrogen-bond donors (Lipinski definition) is 0. The number of methoxy groups -OCH3 is 1. The fourth-order valence-electron chi connectivity index (χ4n) is 2.11. The summed E-state index contributed by atoms with van der Waals surface area (Å²) < 4.78 is 34.9. The summed E-state index contributed by atoms with van der Waals surface area (Å²) in [4.78, 5) is 11.9. The highest BCUT2D eigenvalue weighted by molar-refractivity contribution is 8.00. The first-order valence-corrected chi connectivity index (χ1v) is 9.65. The Kier molecular flexibility index (Phi) is 5.49. The highest BCUT2D eigenvalue weighted by Crippen LogP contribution is 2.39. The van der Waals surface area contributed by atoms with Gasteiger partial charge >= 0.3 is 5.97 Å². The van der Waals surface area contributed by atoms with Crippen LogP contribution in [0.5, 0.6) is 0 Å². The number of benzene rings is 1. The van der Waals surface area contributed by atoms with Gasteiger partial charge in [-0.25, -0.2) is 13.2 Å². The number of carbonyl (C=O) groups is 1. The van der Waals surface area contributed by atoms with E-state index in [9.17, 15) is 13.2 Å². The maximum atomic E-state index is 11.9. The van der Waals surface area contributed by atoms with Crippen LogP contribution < -0.4 is 0 Å². The number of esters is 1. The lowest BCUT2D eigenvalue weighted by Gasteiger charge is -2.21. The standard InChI is InChI=1S/C14H19NO5S2/c1-10(19-2)20-14(16)12-6-4-11(5-7-12)13-15(8-9-21-13)22(3,17)18/h4-7,10,13H,8-9H2,1-3H3. The molecule has 0 N–H and O–H groups in total. The van der Waals surface area contributed by atoms with Gasteiger partial charge in [0.15, 0.2) is 6.29 Å². The third-order valence-corrected chi connectivity index (χ3v) is 5.95. The van der Waals surface area contributed by atoms with E-state index >= 15 is 0 Å². The molecule has 0 aliphatic carbocycles. The fraction of sp³-hybridized carbons (Fsp3) is 0.500. The number of thioether (sulfide) groups is 1.